The van der Waals surface area contributed by atoms with Crippen LogP contribution in [0.15, 0.2) is 34.9 Å². The first-order valence-electron chi connectivity index (χ1n) is 6.58. The number of nitrogens with zero attached hydrogens (tertiary/aromatic N) is 1. The summed E-state index contributed by atoms with van der Waals surface area (Å²) in [6.45, 7) is 0.903. The largest absolute Gasteiger partial charge is 0.573 e. The van der Waals surface area contributed by atoms with Crippen molar-refractivity contribution in [3.8, 4) is 17.1 Å². The van der Waals surface area contributed by atoms with Crippen LogP contribution in [0.4, 0.5) is 13.2 Å². The Kier molecular flexibility index (Phi) is 4.97. The SMILES string of the molecule is Cl.FC(F)(F)Oc1ccccc1-c1cc([C@@H]2CCCN2)no1. The molecule has 0 unspecified atom stereocenters. The third kappa shape index (κ3) is 3.72. The van der Waals surface area contributed by atoms with E-state index < -0.39 is 6.36 Å². The van der Waals surface area contributed by atoms with Crippen molar-refractivity contribution in [1.82, 2.24) is 10.5 Å². The van der Waals surface area contributed by atoms with Crippen LogP contribution in [0.1, 0.15) is 24.6 Å². The van der Waals surface area contributed by atoms with Gasteiger partial charge < -0.3 is 14.6 Å². The molecule has 1 aliphatic heterocycles. The Bertz CT molecular complexity index is 625. The maximum atomic E-state index is 12.4. The minimum absolute atomic E-state index is 0. The van der Waals surface area contributed by atoms with Crippen molar-refractivity contribution >= 4 is 12.4 Å². The van der Waals surface area contributed by atoms with Gasteiger partial charge in [0.15, 0.2) is 5.76 Å². The molecule has 4 nitrogen and oxygen atoms in total. The molecule has 1 aromatic heterocycles. The van der Waals surface area contributed by atoms with Crippen LogP contribution in [0, 0.1) is 0 Å². The van der Waals surface area contributed by atoms with Crippen LogP contribution in [0.2, 0.25) is 0 Å². The topological polar surface area (TPSA) is 47.3 Å². The summed E-state index contributed by atoms with van der Waals surface area (Å²) in [7, 11) is 0. The minimum Gasteiger partial charge on any atom is -0.405 e. The quantitative estimate of drug-likeness (QED) is 0.918. The summed E-state index contributed by atoms with van der Waals surface area (Å²) in [6, 6.07) is 7.60. The van der Waals surface area contributed by atoms with E-state index >= 15 is 0 Å². The van der Waals surface area contributed by atoms with Gasteiger partial charge in [-0.15, -0.1) is 25.6 Å². The number of benzene rings is 1. The van der Waals surface area contributed by atoms with Gasteiger partial charge in [-0.3, -0.25) is 0 Å². The van der Waals surface area contributed by atoms with Crippen LogP contribution >= 0.6 is 12.4 Å². The van der Waals surface area contributed by atoms with Gasteiger partial charge in [0, 0.05) is 6.07 Å². The van der Waals surface area contributed by atoms with Gasteiger partial charge in [0.05, 0.1) is 11.6 Å². The summed E-state index contributed by atoms with van der Waals surface area (Å²) < 4.78 is 46.4. The van der Waals surface area contributed by atoms with Crippen molar-refractivity contribution in [1.29, 1.82) is 0 Å². The molecule has 1 saturated heterocycles. The Balaban J connectivity index is 0.00000176. The number of aromatic nitrogens is 1. The molecule has 1 aliphatic rings. The molecule has 1 atom stereocenters. The summed E-state index contributed by atoms with van der Waals surface area (Å²) in [6.07, 6.45) is -2.76. The fraction of sp³-hybridized carbons (Fsp3) is 0.357. The zero-order valence-corrected chi connectivity index (χ0v) is 12.2. The van der Waals surface area contributed by atoms with Crippen LogP contribution < -0.4 is 10.1 Å². The van der Waals surface area contributed by atoms with E-state index in [2.05, 4.69) is 15.2 Å². The van der Waals surface area contributed by atoms with Crippen LogP contribution in [0.5, 0.6) is 5.75 Å². The second-order valence-electron chi connectivity index (χ2n) is 4.81. The number of para-hydroxylation sites is 1. The molecule has 0 amide bonds. The van der Waals surface area contributed by atoms with Crippen molar-refractivity contribution in [2.75, 3.05) is 6.54 Å². The molecular weight excluding hydrogens is 321 g/mol. The predicted molar refractivity (Wildman–Crippen MR) is 75.8 cm³/mol. The fourth-order valence-electron chi connectivity index (χ4n) is 2.40. The number of halogens is 4. The molecule has 0 aliphatic carbocycles. The summed E-state index contributed by atoms with van der Waals surface area (Å²) in [5.41, 5.74) is 0.927. The molecule has 120 valence electrons. The van der Waals surface area contributed by atoms with Gasteiger partial charge in [-0.2, -0.15) is 0 Å². The molecule has 2 aromatic rings. The van der Waals surface area contributed by atoms with E-state index in [1.54, 1.807) is 12.1 Å². The molecule has 3 rings (SSSR count). The Hall–Kier alpha value is -1.73. The summed E-state index contributed by atoms with van der Waals surface area (Å²) >= 11 is 0. The van der Waals surface area contributed by atoms with Gasteiger partial charge in [-0.1, -0.05) is 17.3 Å². The normalized spacial score (nSPS) is 18.0. The highest BCUT2D eigenvalue weighted by molar-refractivity contribution is 5.85. The van der Waals surface area contributed by atoms with Crippen molar-refractivity contribution in [2.45, 2.75) is 25.2 Å². The number of nitrogens with one attached hydrogen (secondary N) is 1. The maximum absolute atomic E-state index is 12.4. The highest BCUT2D eigenvalue weighted by Gasteiger charge is 2.32. The Morgan fingerprint density at radius 2 is 2.05 bits per heavy atom. The molecule has 1 fully saturated rings. The average Bonchev–Trinajstić information content (AvgIpc) is 3.08. The van der Waals surface area contributed by atoms with Crippen molar-refractivity contribution in [3.63, 3.8) is 0 Å². The minimum atomic E-state index is -4.74. The first-order chi connectivity index (χ1) is 10.0. The molecule has 1 N–H and O–H groups in total. The predicted octanol–water partition coefficient (Wildman–Crippen LogP) is 4.09. The van der Waals surface area contributed by atoms with E-state index in [0.29, 0.717) is 5.69 Å². The summed E-state index contributed by atoms with van der Waals surface area (Å²) in [4.78, 5) is 0. The molecule has 0 spiro atoms. The molecule has 22 heavy (non-hydrogen) atoms. The molecule has 1 aromatic carbocycles. The van der Waals surface area contributed by atoms with E-state index in [-0.39, 0.29) is 35.5 Å². The van der Waals surface area contributed by atoms with Crippen LogP contribution in [-0.2, 0) is 0 Å². The molecule has 0 radical (unpaired) electrons. The standard InChI is InChI=1S/C14H13F3N2O2.ClH/c15-14(16,17)20-12-6-2-1-4-9(12)13-8-11(19-21-13)10-5-3-7-18-10;/h1-2,4,6,8,10,18H,3,5,7H2;1H/t10-;/m0./s1. The molecule has 8 heteroatoms. The van der Waals surface area contributed by atoms with Gasteiger partial charge >= 0.3 is 6.36 Å². The lowest BCUT2D eigenvalue weighted by atomic mass is 10.1. The van der Waals surface area contributed by atoms with Crippen LogP contribution in [0.25, 0.3) is 11.3 Å². The summed E-state index contributed by atoms with van der Waals surface area (Å²) in [5, 5.41) is 7.19. The van der Waals surface area contributed by atoms with Gasteiger partial charge in [0.2, 0.25) is 0 Å². The first kappa shape index (κ1) is 16.6. The smallest absolute Gasteiger partial charge is 0.405 e. The van der Waals surface area contributed by atoms with Crippen LogP contribution in [0.3, 0.4) is 0 Å². The third-order valence-electron chi connectivity index (χ3n) is 3.32. The van der Waals surface area contributed by atoms with Gasteiger partial charge in [-0.25, -0.2) is 0 Å². The lowest BCUT2D eigenvalue weighted by molar-refractivity contribution is -0.274. The molecular formula is C14H14ClF3N2O2. The fourth-order valence-corrected chi connectivity index (χ4v) is 2.40. The van der Waals surface area contributed by atoms with E-state index in [4.69, 9.17) is 4.52 Å². The average molecular weight is 335 g/mol. The number of hydrogen-bond donors (Lipinski definition) is 1. The second kappa shape index (κ2) is 6.58. The number of alkyl halides is 3. The second-order valence-corrected chi connectivity index (χ2v) is 4.81. The van der Waals surface area contributed by atoms with Crippen molar-refractivity contribution in [3.05, 3.63) is 36.0 Å². The van der Waals surface area contributed by atoms with E-state index in [0.717, 1.165) is 19.4 Å². The number of hydrogen-bond acceptors (Lipinski definition) is 4. The van der Waals surface area contributed by atoms with Crippen molar-refractivity contribution in [2.24, 2.45) is 0 Å². The Morgan fingerprint density at radius 3 is 2.73 bits per heavy atom. The maximum Gasteiger partial charge on any atom is 0.573 e. The molecule has 2 heterocycles. The highest BCUT2D eigenvalue weighted by atomic mass is 35.5. The monoisotopic (exact) mass is 334 g/mol. The Morgan fingerprint density at radius 1 is 1.27 bits per heavy atom. The highest BCUT2D eigenvalue weighted by Crippen LogP contribution is 2.35. The lowest BCUT2D eigenvalue weighted by Gasteiger charge is -2.11. The number of ether oxygens (including phenoxy) is 1. The van der Waals surface area contributed by atoms with E-state index in [9.17, 15) is 13.2 Å². The van der Waals surface area contributed by atoms with E-state index in [1.807, 2.05) is 0 Å². The lowest BCUT2D eigenvalue weighted by Crippen LogP contribution is -2.17. The molecule has 0 saturated carbocycles. The zero-order chi connectivity index (χ0) is 14.9. The van der Waals surface area contributed by atoms with E-state index in [1.165, 1.54) is 18.2 Å². The molecule has 0 bridgehead atoms. The Labute approximate surface area is 131 Å². The third-order valence-corrected chi connectivity index (χ3v) is 3.32. The summed E-state index contributed by atoms with van der Waals surface area (Å²) in [5.74, 6) is -0.0365. The first-order valence-corrected chi connectivity index (χ1v) is 6.58. The van der Waals surface area contributed by atoms with Crippen LogP contribution in [-0.4, -0.2) is 18.1 Å². The van der Waals surface area contributed by atoms with Gasteiger partial charge in [-0.05, 0) is 31.5 Å². The zero-order valence-electron chi connectivity index (χ0n) is 11.4. The number of rotatable bonds is 3. The van der Waals surface area contributed by atoms with Crippen molar-refractivity contribution < 1.29 is 22.4 Å². The van der Waals surface area contributed by atoms with Gasteiger partial charge in [0.25, 0.3) is 0 Å². The van der Waals surface area contributed by atoms with Gasteiger partial charge in [0.1, 0.15) is 11.4 Å².